The number of aryl methyl sites for hydroxylation is 4. The lowest BCUT2D eigenvalue weighted by atomic mass is 10.2. The van der Waals surface area contributed by atoms with Crippen molar-refractivity contribution in [2.45, 2.75) is 53.8 Å². The first kappa shape index (κ1) is 20.3. The molecule has 0 radical (unpaired) electrons. The first-order valence-corrected chi connectivity index (χ1v) is 9.42. The minimum absolute atomic E-state index is 0.108. The summed E-state index contributed by atoms with van der Waals surface area (Å²) in [4.78, 5) is 23.5. The van der Waals surface area contributed by atoms with Gasteiger partial charge in [0.15, 0.2) is 0 Å². The van der Waals surface area contributed by atoms with E-state index in [0.717, 1.165) is 23.5 Å². The van der Waals surface area contributed by atoms with Crippen molar-refractivity contribution in [3.05, 3.63) is 46.8 Å². The lowest BCUT2D eigenvalue weighted by Gasteiger charge is -2.08. The number of nitrogens with one attached hydrogen (secondary N) is 1. The van der Waals surface area contributed by atoms with Crippen LogP contribution in [0.4, 0.5) is 5.69 Å². The molecule has 10 heteroatoms. The SMILES string of the molecule is CCn1cc(Cn2nc(C)c(NC(=O)c3ccnn3CCC(=O)O)c2C)c(C)n1. The maximum absolute atomic E-state index is 12.7. The highest BCUT2D eigenvalue weighted by Gasteiger charge is 2.19. The van der Waals surface area contributed by atoms with Gasteiger partial charge in [-0.05, 0) is 33.8 Å². The summed E-state index contributed by atoms with van der Waals surface area (Å²) in [6, 6.07) is 1.56. The number of rotatable bonds is 8. The zero-order valence-electron chi connectivity index (χ0n) is 17.0. The van der Waals surface area contributed by atoms with Crippen molar-refractivity contribution >= 4 is 17.6 Å². The standard InChI is InChI=1S/C19H25N7O3/c1-5-24-10-15(12(2)22-24)11-26-14(4)18(13(3)23-26)21-19(29)16-6-8-20-25(16)9-7-17(27)28/h6,8,10H,5,7,9,11H2,1-4H3,(H,21,29)(H,27,28). The summed E-state index contributed by atoms with van der Waals surface area (Å²) in [5.41, 5.74) is 4.50. The monoisotopic (exact) mass is 399 g/mol. The van der Waals surface area contributed by atoms with Crippen LogP contribution in [0.25, 0.3) is 0 Å². The molecule has 2 N–H and O–H groups in total. The Morgan fingerprint density at radius 1 is 1.14 bits per heavy atom. The van der Waals surface area contributed by atoms with Crippen molar-refractivity contribution in [2.75, 3.05) is 5.32 Å². The van der Waals surface area contributed by atoms with Gasteiger partial charge >= 0.3 is 5.97 Å². The third-order valence-electron chi connectivity index (χ3n) is 4.80. The smallest absolute Gasteiger partial charge is 0.305 e. The van der Waals surface area contributed by atoms with Gasteiger partial charge in [-0.2, -0.15) is 15.3 Å². The molecule has 0 saturated heterocycles. The van der Waals surface area contributed by atoms with Crippen LogP contribution in [-0.4, -0.2) is 46.3 Å². The zero-order valence-corrected chi connectivity index (χ0v) is 17.0. The Balaban J connectivity index is 1.78. The summed E-state index contributed by atoms with van der Waals surface area (Å²) < 4.78 is 5.12. The fraction of sp³-hybridized carbons (Fsp3) is 0.421. The van der Waals surface area contributed by atoms with Crippen LogP contribution in [0.1, 0.15) is 46.5 Å². The van der Waals surface area contributed by atoms with Crippen LogP contribution in [0.5, 0.6) is 0 Å². The van der Waals surface area contributed by atoms with Crippen molar-refractivity contribution in [2.24, 2.45) is 0 Å². The second-order valence-electron chi connectivity index (χ2n) is 6.84. The summed E-state index contributed by atoms with van der Waals surface area (Å²) in [7, 11) is 0. The molecule has 0 atom stereocenters. The van der Waals surface area contributed by atoms with E-state index in [0.29, 0.717) is 23.6 Å². The molecule has 0 spiro atoms. The molecule has 3 aromatic heterocycles. The molecule has 1 amide bonds. The van der Waals surface area contributed by atoms with Gasteiger partial charge in [-0.25, -0.2) is 0 Å². The second kappa shape index (κ2) is 8.29. The van der Waals surface area contributed by atoms with E-state index in [-0.39, 0.29) is 18.9 Å². The Labute approximate surface area is 168 Å². The minimum atomic E-state index is -0.943. The maximum atomic E-state index is 12.7. The molecule has 29 heavy (non-hydrogen) atoms. The number of amides is 1. The van der Waals surface area contributed by atoms with Crippen molar-refractivity contribution in [3.8, 4) is 0 Å². The molecular formula is C19H25N7O3. The Kier molecular flexibility index (Phi) is 5.81. The summed E-state index contributed by atoms with van der Waals surface area (Å²) in [5, 5.41) is 24.8. The number of carboxylic acids is 1. The minimum Gasteiger partial charge on any atom is -0.481 e. The Bertz CT molecular complexity index is 1040. The molecule has 0 aliphatic heterocycles. The van der Waals surface area contributed by atoms with Crippen molar-refractivity contribution < 1.29 is 14.7 Å². The number of hydrogen-bond donors (Lipinski definition) is 2. The average molecular weight is 399 g/mol. The molecule has 3 aromatic rings. The molecule has 0 bridgehead atoms. The van der Waals surface area contributed by atoms with E-state index >= 15 is 0 Å². The molecule has 154 valence electrons. The largest absolute Gasteiger partial charge is 0.481 e. The van der Waals surface area contributed by atoms with Gasteiger partial charge in [-0.1, -0.05) is 0 Å². The van der Waals surface area contributed by atoms with Gasteiger partial charge in [0.05, 0.1) is 42.3 Å². The molecule has 0 aliphatic rings. The lowest BCUT2D eigenvalue weighted by Crippen LogP contribution is -2.19. The van der Waals surface area contributed by atoms with E-state index in [1.165, 1.54) is 10.9 Å². The van der Waals surface area contributed by atoms with Gasteiger partial charge in [-0.15, -0.1) is 0 Å². The Morgan fingerprint density at radius 3 is 2.55 bits per heavy atom. The van der Waals surface area contributed by atoms with Crippen LogP contribution in [0.15, 0.2) is 18.5 Å². The number of carbonyl (C=O) groups excluding carboxylic acids is 1. The third-order valence-corrected chi connectivity index (χ3v) is 4.80. The van der Waals surface area contributed by atoms with Crippen LogP contribution in [0, 0.1) is 20.8 Å². The highest BCUT2D eigenvalue weighted by Crippen LogP contribution is 2.22. The number of nitrogens with zero attached hydrogens (tertiary/aromatic N) is 6. The molecule has 3 heterocycles. The van der Waals surface area contributed by atoms with Gasteiger partial charge in [0.2, 0.25) is 0 Å². The van der Waals surface area contributed by atoms with Gasteiger partial charge in [0, 0.05) is 24.5 Å². The molecule has 0 aliphatic carbocycles. The number of hydrogen-bond acceptors (Lipinski definition) is 5. The van der Waals surface area contributed by atoms with Gasteiger partial charge < -0.3 is 10.4 Å². The summed E-state index contributed by atoms with van der Waals surface area (Å²) in [6.45, 7) is 9.23. The average Bonchev–Trinajstić information content (AvgIpc) is 3.35. The first-order valence-electron chi connectivity index (χ1n) is 9.42. The zero-order chi connectivity index (χ0) is 21.1. The van der Waals surface area contributed by atoms with Crippen molar-refractivity contribution in [1.82, 2.24) is 29.3 Å². The summed E-state index contributed by atoms with van der Waals surface area (Å²) in [6.07, 6.45) is 3.38. The highest BCUT2D eigenvalue weighted by molar-refractivity contribution is 6.03. The van der Waals surface area contributed by atoms with Crippen LogP contribution in [0.2, 0.25) is 0 Å². The van der Waals surface area contributed by atoms with Gasteiger partial charge in [-0.3, -0.25) is 23.6 Å². The van der Waals surface area contributed by atoms with Crippen molar-refractivity contribution in [3.63, 3.8) is 0 Å². The van der Waals surface area contributed by atoms with Gasteiger partial charge in [0.1, 0.15) is 5.69 Å². The van der Waals surface area contributed by atoms with Crippen LogP contribution < -0.4 is 5.32 Å². The predicted molar refractivity (Wildman–Crippen MR) is 106 cm³/mol. The number of carbonyl (C=O) groups is 2. The second-order valence-corrected chi connectivity index (χ2v) is 6.84. The Morgan fingerprint density at radius 2 is 1.90 bits per heavy atom. The molecule has 0 saturated carbocycles. The Hall–Kier alpha value is -3.43. The molecular weight excluding hydrogens is 374 g/mol. The van der Waals surface area contributed by atoms with E-state index in [1.54, 1.807) is 6.07 Å². The summed E-state index contributed by atoms with van der Waals surface area (Å²) in [5.74, 6) is -1.30. The molecule has 0 unspecified atom stereocenters. The lowest BCUT2D eigenvalue weighted by molar-refractivity contribution is -0.137. The fourth-order valence-electron chi connectivity index (χ4n) is 3.15. The number of aromatic nitrogens is 6. The quantitative estimate of drug-likeness (QED) is 0.598. The number of anilines is 1. The topological polar surface area (TPSA) is 120 Å². The number of aliphatic carboxylic acids is 1. The van der Waals surface area contributed by atoms with Crippen molar-refractivity contribution in [1.29, 1.82) is 0 Å². The highest BCUT2D eigenvalue weighted by atomic mass is 16.4. The van der Waals surface area contributed by atoms with E-state index in [1.807, 2.05) is 43.3 Å². The van der Waals surface area contributed by atoms with Crippen LogP contribution in [-0.2, 0) is 24.4 Å². The normalized spacial score (nSPS) is 11.0. The van der Waals surface area contributed by atoms with E-state index in [2.05, 4.69) is 20.6 Å². The van der Waals surface area contributed by atoms with E-state index < -0.39 is 5.97 Å². The fourth-order valence-corrected chi connectivity index (χ4v) is 3.15. The summed E-state index contributed by atoms with van der Waals surface area (Å²) >= 11 is 0. The molecule has 0 aromatic carbocycles. The van der Waals surface area contributed by atoms with Gasteiger partial charge in [0.25, 0.3) is 5.91 Å². The third kappa shape index (κ3) is 4.36. The molecule has 3 rings (SSSR count). The maximum Gasteiger partial charge on any atom is 0.305 e. The van der Waals surface area contributed by atoms with E-state index in [9.17, 15) is 9.59 Å². The molecule has 10 nitrogen and oxygen atoms in total. The van der Waals surface area contributed by atoms with Crippen LogP contribution >= 0.6 is 0 Å². The number of carboxylic acid groups (broad SMARTS) is 1. The first-order chi connectivity index (χ1) is 13.8. The van der Waals surface area contributed by atoms with E-state index in [4.69, 9.17) is 5.11 Å². The van der Waals surface area contributed by atoms with Crippen LogP contribution in [0.3, 0.4) is 0 Å². The predicted octanol–water partition coefficient (Wildman–Crippen LogP) is 2.00. The molecule has 0 fully saturated rings.